The zero-order valence-electron chi connectivity index (χ0n) is 21.7. The lowest BCUT2D eigenvalue weighted by Gasteiger charge is -2.33. The zero-order chi connectivity index (χ0) is 27.0. The summed E-state index contributed by atoms with van der Waals surface area (Å²) in [6.07, 6.45) is 1.37. The largest absolute Gasteiger partial charge is 0.495 e. The van der Waals surface area contributed by atoms with Crippen molar-refractivity contribution in [1.29, 1.82) is 0 Å². The summed E-state index contributed by atoms with van der Waals surface area (Å²) in [6.45, 7) is 7.84. The SMILES string of the molecule is CCC(C(=O)NCC(C)C)N(Cc1cccc(C)c1)C(=O)CN(c1cc(Cl)ccc1OC)S(C)(=O)=O. The maximum Gasteiger partial charge on any atom is 0.244 e. The quantitative estimate of drug-likeness (QED) is 0.441. The highest BCUT2D eigenvalue weighted by molar-refractivity contribution is 7.92. The van der Waals surface area contributed by atoms with E-state index < -0.39 is 28.5 Å². The number of nitrogens with zero attached hydrogens (tertiary/aromatic N) is 2. The normalized spacial score (nSPS) is 12.2. The minimum absolute atomic E-state index is 0.147. The van der Waals surface area contributed by atoms with E-state index in [1.807, 2.05) is 52.0 Å². The first-order valence-electron chi connectivity index (χ1n) is 11.8. The minimum Gasteiger partial charge on any atom is -0.495 e. The van der Waals surface area contributed by atoms with Crippen LogP contribution in [-0.4, -0.2) is 57.6 Å². The van der Waals surface area contributed by atoms with Crippen LogP contribution in [0, 0.1) is 12.8 Å². The van der Waals surface area contributed by atoms with Gasteiger partial charge >= 0.3 is 0 Å². The number of sulfonamides is 1. The van der Waals surface area contributed by atoms with E-state index in [2.05, 4.69) is 5.32 Å². The summed E-state index contributed by atoms with van der Waals surface area (Å²) in [5.41, 5.74) is 2.00. The van der Waals surface area contributed by atoms with Crippen molar-refractivity contribution in [1.82, 2.24) is 10.2 Å². The molecule has 0 radical (unpaired) electrons. The molecule has 1 atom stereocenters. The Labute approximate surface area is 219 Å². The fourth-order valence-corrected chi connectivity index (χ4v) is 4.81. The van der Waals surface area contributed by atoms with Gasteiger partial charge in [-0.15, -0.1) is 0 Å². The Balaban J connectivity index is 2.49. The molecule has 2 aromatic rings. The van der Waals surface area contributed by atoms with Crippen molar-refractivity contribution in [3.63, 3.8) is 0 Å². The maximum atomic E-state index is 13.8. The number of hydrogen-bond acceptors (Lipinski definition) is 5. The van der Waals surface area contributed by atoms with Crippen LogP contribution in [0.15, 0.2) is 42.5 Å². The summed E-state index contributed by atoms with van der Waals surface area (Å²) in [5, 5.41) is 3.20. The van der Waals surface area contributed by atoms with Gasteiger partial charge in [-0.3, -0.25) is 13.9 Å². The van der Waals surface area contributed by atoms with Gasteiger partial charge in [0.1, 0.15) is 18.3 Å². The van der Waals surface area contributed by atoms with E-state index in [1.165, 1.54) is 18.1 Å². The molecule has 1 N–H and O–H groups in total. The molecule has 0 spiro atoms. The fourth-order valence-electron chi connectivity index (χ4n) is 3.80. The highest BCUT2D eigenvalue weighted by atomic mass is 35.5. The molecule has 10 heteroatoms. The lowest BCUT2D eigenvalue weighted by molar-refractivity contribution is -0.140. The van der Waals surface area contributed by atoms with E-state index in [0.717, 1.165) is 21.7 Å². The lowest BCUT2D eigenvalue weighted by Crippen LogP contribution is -2.52. The number of aryl methyl sites for hydroxylation is 1. The third-order valence-corrected chi connectivity index (χ3v) is 6.96. The van der Waals surface area contributed by atoms with Crippen molar-refractivity contribution in [2.24, 2.45) is 5.92 Å². The van der Waals surface area contributed by atoms with Crippen LogP contribution >= 0.6 is 11.6 Å². The van der Waals surface area contributed by atoms with E-state index in [4.69, 9.17) is 16.3 Å². The Morgan fingerprint density at radius 3 is 2.39 bits per heavy atom. The van der Waals surface area contributed by atoms with Crippen molar-refractivity contribution < 1.29 is 22.7 Å². The number of carbonyl (C=O) groups excluding carboxylic acids is 2. The number of nitrogens with one attached hydrogen (secondary N) is 1. The number of halogens is 1. The molecule has 0 heterocycles. The lowest BCUT2D eigenvalue weighted by atomic mass is 10.1. The first kappa shape index (κ1) is 29.5. The Hall–Kier alpha value is -2.78. The van der Waals surface area contributed by atoms with Gasteiger partial charge in [0.2, 0.25) is 21.8 Å². The average molecular weight is 538 g/mol. The molecular formula is C26H36ClN3O5S. The Morgan fingerprint density at radius 1 is 1.14 bits per heavy atom. The molecule has 0 aliphatic heterocycles. The predicted octanol–water partition coefficient (Wildman–Crippen LogP) is 4.00. The zero-order valence-corrected chi connectivity index (χ0v) is 23.3. The summed E-state index contributed by atoms with van der Waals surface area (Å²) >= 11 is 6.14. The van der Waals surface area contributed by atoms with Crippen molar-refractivity contribution in [3.8, 4) is 5.75 Å². The third kappa shape index (κ3) is 8.13. The van der Waals surface area contributed by atoms with E-state index in [0.29, 0.717) is 18.0 Å². The highest BCUT2D eigenvalue weighted by Gasteiger charge is 2.32. The summed E-state index contributed by atoms with van der Waals surface area (Å²) in [6, 6.07) is 11.4. The van der Waals surface area contributed by atoms with Gasteiger partial charge in [-0.2, -0.15) is 0 Å². The molecule has 0 aromatic heterocycles. The Kier molecular flexibility index (Phi) is 10.6. The van der Waals surface area contributed by atoms with E-state index >= 15 is 0 Å². The monoisotopic (exact) mass is 537 g/mol. The number of carbonyl (C=O) groups is 2. The molecule has 2 aromatic carbocycles. The molecule has 0 fully saturated rings. The molecule has 0 saturated carbocycles. The van der Waals surface area contributed by atoms with Crippen LogP contribution in [0.2, 0.25) is 5.02 Å². The van der Waals surface area contributed by atoms with Crippen molar-refractivity contribution >= 4 is 39.1 Å². The number of rotatable bonds is 12. The van der Waals surface area contributed by atoms with Crippen LogP contribution in [-0.2, 0) is 26.2 Å². The van der Waals surface area contributed by atoms with Gasteiger partial charge in [-0.25, -0.2) is 8.42 Å². The summed E-state index contributed by atoms with van der Waals surface area (Å²) in [7, 11) is -2.49. The molecule has 198 valence electrons. The molecule has 2 amide bonds. The molecule has 8 nitrogen and oxygen atoms in total. The Bertz CT molecular complexity index is 1170. The standard InChI is InChI=1S/C26H36ClN3O5S/c1-7-22(26(32)28-15-18(2)3)29(16-20-10-8-9-19(4)13-20)25(31)17-30(36(6,33)34)23-14-21(27)11-12-24(23)35-5/h8-14,18,22H,7,15-17H2,1-6H3,(H,28,32). The van der Waals surface area contributed by atoms with Crippen LogP contribution in [0.5, 0.6) is 5.75 Å². The molecule has 0 aliphatic rings. The van der Waals surface area contributed by atoms with Gasteiger partial charge in [-0.05, 0) is 43.0 Å². The van der Waals surface area contributed by atoms with Gasteiger partial charge < -0.3 is 15.0 Å². The van der Waals surface area contributed by atoms with Gasteiger partial charge in [-0.1, -0.05) is 62.2 Å². The fraction of sp³-hybridized carbons (Fsp3) is 0.462. The highest BCUT2D eigenvalue weighted by Crippen LogP contribution is 2.33. The van der Waals surface area contributed by atoms with Crippen LogP contribution in [0.1, 0.15) is 38.3 Å². The second kappa shape index (κ2) is 13.0. The molecule has 1 unspecified atom stereocenters. The number of amides is 2. The number of benzene rings is 2. The van der Waals surface area contributed by atoms with E-state index in [-0.39, 0.29) is 29.8 Å². The van der Waals surface area contributed by atoms with Crippen molar-refractivity contribution in [3.05, 3.63) is 58.6 Å². The second-order valence-electron chi connectivity index (χ2n) is 9.16. The van der Waals surface area contributed by atoms with Gasteiger partial charge in [0.25, 0.3) is 0 Å². The summed E-state index contributed by atoms with van der Waals surface area (Å²) in [4.78, 5) is 28.3. The van der Waals surface area contributed by atoms with Crippen LogP contribution < -0.4 is 14.4 Å². The molecular weight excluding hydrogens is 502 g/mol. The van der Waals surface area contributed by atoms with Gasteiger partial charge in [0.15, 0.2) is 0 Å². The first-order valence-corrected chi connectivity index (χ1v) is 14.0. The Morgan fingerprint density at radius 2 is 1.83 bits per heavy atom. The van der Waals surface area contributed by atoms with E-state index in [1.54, 1.807) is 12.1 Å². The van der Waals surface area contributed by atoms with Crippen LogP contribution in [0.4, 0.5) is 5.69 Å². The average Bonchev–Trinajstić information content (AvgIpc) is 2.80. The number of methoxy groups -OCH3 is 1. The molecule has 0 saturated heterocycles. The molecule has 36 heavy (non-hydrogen) atoms. The van der Waals surface area contributed by atoms with Crippen LogP contribution in [0.3, 0.4) is 0 Å². The summed E-state index contributed by atoms with van der Waals surface area (Å²) < 4.78 is 31.9. The minimum atomic E-state index is -3.90. The molecule has 0 bridgehead atoms. The first-order chi connectivity index (χ1) is 16.9. The third-order valence-electron chi connectivity index (χ3n) is 5.59. The molecule has 0 aliphatic carbocycles. The van der Waals surface area contributed by atoms with Crippen molar-refractivity contribution in [2.75, 3.05) is 30.8 Å². The predicted molar refractivity (Wildman–Crippen MR) is 144 cm³/mol. The number of ether oxygens (including phenoxy) is 1. The van der Waals surface area contributed by atoms with Crippen LogP contribution in [0.25, 0.3) is 0 Å². The number of anilines is 1. The summed E-state index contributed by atoms with van der Waals surface area (Å²) in [5.74, 6) is -0.304. The van der Waals surface area contributed by atoms with Gasteiger partial charge in [0.05, 0.1) is 19.1 Å². The molecule has 2 rings (SSSR count). The second-order valence-corrected chi connectivity index (χ2v) is 11.5. The maximum absolute atomic E-state index is 13.8. The number of hydrogen-bond donors (Lipinski definition) is 1. The van der Waals surface area contributed by atoms with Gasteiger partial charge in [0, 0.05) is 18.1 Å². The topological polar surface area (TPSA) is 96.0 Å². The smallest absolute Gasteiger partial charge is 0.244 e. The van der Waals surface area contributed by atoms with E-state index in [9.17, 15) is 18.0 Å². The van der Waals surface area contributed by atoms with Crippen molar-refractivity contribution in [2.45, 2.75) is 46.7 Å².